The molecule has 0 fully saturated rings. The highest BCUT2D eigenvalue weighted by Gasteiger charge is 2.22. The lowest BCUT2D eigenvalue weighted by molar-refractivity contribution is 0.0733. The number of fused-ring (bicyclic) bond motifs is 1. The maximum atomic E-state index is 12.4. The summed E-state index contributed by atoms with van der Waals surface area (Å²) < 4.78 is 0.604. The first-order valence-corrected chi connectivity index (χ1v) is 6.56. The van der Waals surface area contributed by atoms with Gasteiger partial charge in [-0.1, -0.05) is 30.4 Å². The Labute approximate surface area is 116 Å². The van der Waals surface area contributed by atoms with Gasteiger partial charge < -0.3 is 4.90 Å². The number of amides is 1. The summed E-state index contributed by atoms with van der Waals surface area (Å²) in [6, 6.07) is 11.2. The molecule has 1 aliphatic heterocycles. The molecule has 0 atom stereocenters. The number of hydrogen-bond donors (Lipinski definition) is 1. The Bertz CT molecular complexity index is 666. The van der Waals surface area contributed by atoms with Gasteiger partial charge in [-0.2, -0.15) is 5.10 Å². The Morgan fingerprint density at radius 3 is 2.89 bits per heavy atom. The van der Waals surface area contributed by atoms with Crippen LogP contribution in [0.5, 0.6) is 0 Å². The van der Waals surface area contributed by atoms with Crippen LogP contribution in [-0.2, 0) is 13.0 Å². The van der Waals surface area contributed by atoms with Crippen molar-refractivity contribution in [2.24, 2.45) is 0 Å². The molecule has 4 nitrogen and oxygen atoms in total. The van der Waals surface area contributed by atoms with Crippen LogP contribution in [0.15, 0.2) is 36.4 Å². The highest BCUT2D eigenvalue weighted by molar-refractivity contribution is 7.71. The standard InChI is InChI=1S/C14H13N3OS/c18-14(10-4-2-1-3-5-10)17-7-6-12-11(9-17)8-13(19)16-15-12/h1-5,8H,6-7,9H2,(H,16,19). The van der Waals surface area contributed by atoms with Crippen LogP contribution in [0.1, 0.15) is 21.6 Å². The molecule has 0 radical (unpaired) electrons. The molecule has 0 unspecified atom stereocenters. The van der Waals surface area contributed by atoms with E-state index < -0.39 is 0 Å². The summed E-state index contributed by atoms with van der Waals surface area (Å²) in [6.07, 6.45) is 0.764. The van der Waals surface area contributed by atoms with Crippen LogP contribution < -0.4 is 0 Å². The van der Waals surface area contributed by atoms with E-state index in [2.05, 4.69) is 10.2 Å². The summed E-state index contributed by atoms with van der Waals surface area (Å²) in [7, 11) is 0. The summed E-state index contributed by atoms with van der Waals surface area (Å²) in [5.41, 5.74) is 2.77. The minimum Gasteiger partial charge on any atom is -0.334 e. The number of nitrogens with zero attached hydrogens (tertiary/aromatic N) is 2. The van der Waals surface area contributed by atoms with Crippen molar-refractivity contribution in [3.05, 3.63) is 57.9 Å². The highest BCUT2D eigenvalue weighted by atomic mass is 32.1. The van der Waals surface area contributed by atoms with Gasteiger partial charge in [-0.3, -0.25) is 9.89 Å². The van der Waals surface area contributed by atoms with E-state index in [1.54, 1.807) is 0 Å². The molecule has 0 saturated carbocycles. The van der Waals surface area contributed by atoms with Gasteiger partial charge in [0.05, 0.1) is 5.69 Å². The Hall–Kier alpha value is -2.01. The Kier molecular flexibility index (Phi) is 3.13. The third kappa shape index (κ3) is 2.42. The smallest absolute Gasteiger partial charge is 0.254 e. The molecule has 19 heavy (non-hydrogen) atoms. The van der Waals surface area contributed by atoms with Crippen LogP contribution in [0.3, 0.4) is 0 Å². The molecule has 0 saturated heterocycles. The molecule has 1 aliphatic rings. The number of hydrogen-bond acceptors (Lipinski definition) is 3. The number of benzene rings is 1. The minimum atomic E-state index is 0.0602. The normalized spacial score (nSPS) is 14.0. The first kappa shape index (κ1) is 12.0. The zero-order valence-electron chi connectivity index (χ0n) is 10.3. The second-order valence-corrected chi connectivity index (χ2v) is 4.99. The van der Waals surface area contributed by atoms with Crippen LogP contribution >= 0.6 is 12.2 Å². The molecule has 1 aromatic carbocycles. The van der Waals surface area contributed by atoms with Gasteiger partial charge in [0, 0.05) is 25.1 Å². The molecule has 1 aromatic heterocycles. The maximum absolute atomic E-state index is 12.4. The predicted molar refractivity (Wildman–Crippen MR) is 74.3 cm³/mol. The third-order valence-electron chi connectivity index (χ3n) is 3.26. The van der Waals surface area contributed by atoms with Crippen LogP contribution in [0.4, 0.5) is 0 Å². The van der Waals surface area contributed by atoms with E-state index in [1.807, 2.05) is 41.3 Å². The lowest BCUT2D eigenvalue weighted by Gasteiger charge is -2.28. The molecule has 1 amide bonds. The van der Waals surface area contributed by atoms with Gasteiger partial charge in [-0.15, -0.1) is 0 Å². The van der Waals surface area contributed by atoms with Crippen LogP contribution in [-0.4, -0.2) is 27.5 Å². The average molecular weight is 271 g/mol. The molecule has 2 heterocycles. The second-order valence-electron chi connectivity index (χ2n) is 4.55. The average Bonchev–Trinajstić information content (AvgIpc) is 2.46. The van der Waals surface area contributed by atoms with E-state index in [9.17, 15) is 4.79 Å². The first-order chi connectivity index (χ1) is 9.24. The first-order valence-electron chi connectivity index (χ1n) is 6.16. The number of rotatable bonds is 1. The van der Waals surface area contributed by atoms with Crippen LogP contribution in [0.2, 0.25) is 0 Å². The van der Waals surface area contributed by atoms with Crippen molar-refractivity contribution in [1.29, 1.82) is 0 Å². The molecule has 3 rings (SSSR count). The van der Waals surface area contributed by atoms with Crippen molar-refractivity contribution in [2.45, 2.75) is 13.0 Å². The minimum absolute atomic E-state index is 0.0602. The van der Waals surface area contributed by atoms with Crippen molar-refractivity contribution in [2.75, 3.05) is 6.54 Å². The molecular formula is C14H13N3OS. The van der Waals surface area contributed by atoms with Gasteiger partial charge >= 0.3 is 0 Å². The SMILES string of the molecule is O=C(c1ccccc1)N1CCc2n[nH]c(=S)cc2C1. The summed E-state index contributed by atoms with van der Waals surface area (Å²) in [5, 5.41) is 7.01. The summed E-state index contributed by atoms with van der Waals surface area (Å²) >= 11 is 5.07. The number of H-pyrrole nitrogens is 1. The van der Waals surface area contributed by atoms with Gasteiger partial charge in [0.1, 0.15) is 4.64 Å². The van der Waals surface area contributed by atoms with Crippen molar-refractivity contribution in [3.8, 4) is 0 Å². The Balaban J connectivity index is 1.86. The number of nitrogens with one attached hydrogen (secondary N) is 1. The van der Waals surface area contributed by atoms with Gasteiger partial charge in [-0.25, -0.2) is 0 Å². The maximum Gasteiger partial charge on any atom is 0.254 e. The quantitative estimate of drug-likeness (QED) is 0.810. The van der Waals surface area contributed by atoms with Gasteiger partial charge in [0.25, 0.3) is 5.91 Å². The van der Waals surface area contributed by atoms with Crippen molar-refractivity contribution in [1.82, 2.24) is 15.1 Å². The van der Waals surface area contributed by atoms with Gasteiger partial charge in [-0.05, 0) is 23.8 Å². The molecule has 0 spiro atoms. The number of carbonyl (C=O) groups is 1. The van der Waals surface area contributed by atoms with Crippen molar-refractivity contribution in [3.63, 3.8) is 0 Å². The van der Waals surface area contributed by atoms with E-state index in [0.29, 0.717) is 17.7 Å². The summed E-state index contributed by atoms with van der Waals surface area (Å²) in [4.78, 5) is 14.2. The van der Waals surface area contributed by atoms with E-state index in [1.165, 1.54) is 0 Å². The zero-order valence-corrected chi connectivity index (χ0v) is 11.1. The fourth-order valence-corrected chi connectivity index (χ4v) is 2.47. The lowest BCUT2D eigenvalue weighted by Crippen LogP contribution is -2.36. The number of aromatic nitrogens is 2. The van der Waals surface area contributed by atoms with Gasteiger partial charge in [0.2, 0.25) is 0 Å². The number of aromatic amines is 1. The van der Waals surface area contributed by atoms with E-state index in [4.69, 9.17) is 12.2 Å². The predicted octanol–water partition coefficient (Wildman–Crippen LogP) is 2.34. The van der Waals surface area contributed by atoms with E-state index >= 15 is 0 Å². The molecule has 96 valence electrons. The van der Waals surface area contributed by atoms with Gasteiger partial charge in [0.15, 0.2) is 0 Å². The molecule has 5 heteroatoms. The summed E-state index contributed by atoms with van der Waals surface area (Å²) in [5.74, 6) is 0.0602. The molecular weight excluding hydrogens is 258 g/mol. The second kappa shape index (κ2) is 4.93. The van der Waals surface area contributed by atoms with Crippen molar-refractivity contribution < 1.29 is 4.79 Å². The number of carbonyl (C=O) groups excluding carboxylic acids is 1. The Morgan fingerprint density at radius 2 is 2.11 bits per heavy atom. The van der Waals surface area contributed by atoms with E-state index in [-0.39, 0.29) is 5.91 Å². The topological polar surface area (TPSA) is 49.0 Å². The van der Waals surface area contributed by atoms with E-state index in [0.717, 1.165) is 23.2 Å². The van der Waals surface area contributed by atoms with Crippen LogP contribution in [0.25, 0.3) is 0 Å². The zero-order chi connectivity index (χ0) is 13.2. The molecule has 0 aliphatic carbocycles. The molecule has 0 bridgehead atoms. The molecule has 2 aromatic rings. The summed E-state index contributed by atoms with van der Waals surface area (Å²) in [6.45, 7) is 1.27. The van der Waals surface area contributed by atoms with Crippen LogP contribution in [0, 0.1) is 4.64 Å². The monoisotopic (exact) mass is 271 g/mol. The fraction of sp³-hybridized carbons (Fsp3) is 0.214. The highest BCUT2D eigenvalue weighted by Crippen LogP contribution is 2.18. The fourth-order valence-electron chi connectivity index (χ4n) is 2.28. The molecule has 1 N–H and O–H groups in total. The lowest BCUT2D eigenvalue weighted by atomic mass is 10.1. The third-order valence-corrected chi connectivity index (χ3v) is 3.47. The van der Waals surface area contributed by atoms with Crippen molar-refractivity contribution >= 4 is 18.1 Å². The Morgan fingerprint density at radius 1 is 1.32 bits per heavy atom. The largest absolute Gasteiger partial charge is 0.334 e.